The molecule has 0 amide bonds. The van der Waals surface area contributed by atoms with Crippen LogP contribution < -0.4 is 5.32 Å². The standard InChI is InChI=1S/C17H33NO3/c1-3-13-18-15-9-11-16(12-10-15)21-14-7-5-6-8-17(19)20-4-2/h15-16,18H,3-14H2,1-2H3. The van der Waals surface area contributed by atoms with Gasteiger partial charge in [-0.1, -0.05) is 13.3 Å². The van der Waals surface area contributed by atoms with Gasteiger partial charge < -0.3 is 14.8 Å². The van der Waals surface area contributed by atoms with Crippen LogP contribution in [0.25, 0.3) is 0 Å². The topological polar surface area (TPSA) is 47.6 Å². The fraction of sp³-hybridized carbons (Fsp3) is 0.941. The zero-order valence-electron chi connectivity index (χ0n) is 13.9. The van der Waals surface area contributed by atoms with Crippen molar-refractivity contribution in [3.8, 4) is 0 Å². The number of nitrogens with one attached hydrogen (secondary N) is 1. The molecule has 1 saturated carbocycles. The number of ether oxygens (including phenoxy) is 2. The summed E-state index contributed by atoms with van der Waals surface area (Å²) in [6, 6.07) is 0.703. The Bertz CT molecular complexity index is 263. The lowest BCUT2D eigenvalue weighted by molar-refractivity contribution is -0.143. The third kappa shape index (κ3) is 9.10. The van der Waals surface area contributed by atoms with Gasteiger partial charge in [-0.25, -0.2) is 0 Å². The molecule has 0 aliphatic heterocycles. The molecule has 1 N–H and O–H groups in total. The molecule has 0 aromatic carbocycles. The van der Waals surface area contributed by atoms with Crippen molar-refractivity contribution >= 4 is 5.97 Å². The van der Waals surface area contributed by atoms with Crippen LogP contribution in [-0.2, 0) is 14.3 Å². The summed E-state index contributed by atoms with van der Waals surface area (Å²) in [5.41, 5.74) is 0. The predicted octanol–water partition coefficient (Wildman–Crippen LogP) is 3.44. The van der Waals surface area contributed by atoms with Gasteiger partial charge >= 0.3 is 5.97 Å². The molecular formula is C17H33NO3. The number of unbranched alkanes of at least 4 members (excludes halogenated alkanes) is 2. The van der Waals surface area contributed by atoms with Gasteiger partial charge in [0, 0.05) is 19.1 Å². The zero-order valence-corrected chi connectivity index (χ0v) is 13.9. The van der Waals surface area contributed by atoms with E-state index in [-0.39, 0.29) is 5.97 Å². The predicted molar refractivity (Wildman–Crippen MR) is 85.4 cm³/mol. The lowest BCUT2D eigenvalue weighted by Crippen LogP contribution is -2.35. The van der Waals surface area contributed by atoms with E-state index in [0.29, 0.717) is 25.2 Å². The first-order valence-electron chi connectivity index (χ1n) is 8.76. The molecule has 1 aliphatic carbocycles. The maximum absolute atomic E-state index is 11.2. The van der Waals surface area contributed by atoms with Crippen LogP contribution >= 0.6 is 0 Å². The highest BCUT2D eigenvalue weighted by Crippen LogP contribution is 2.21. The molecule has 0 heterocycles. The van der Waals surface area contributed by atoms with Crippen molar-refractivity contribution < 1.29 is 14.3 Å². The molecule has 0 aromatic heterocycles. The lowest BCUT2D eigenvalue weighted by atomic mass is 9.93. The fourth-order valence-corrected chi connectivity index (χ4v) is 2.81. The van der Waals surface area contributed by atoms with Gasteiger partial charge in [-0.3, -0.25) is 4.79 Å². The molecule has 0 spiro atoms. The van der Waals surface area contributed by atoms with E-state index < -0.39 is 0 Å². The Morgan fingerprint density at radius 1 is 1.10 bits per heavy atom. The molecule has 124 valence electrons. The Morgan fingerprint density at radius 3 is 2.52 bits per heavy atom. The van der Waals surface area contributed by atoms with Crippen molar-refractivity contribution in [2.24, 2.45) is 0 Å². The minimum atomic E-state index is -0.0729. The van der Waals surface area contributed by atoms with E-state index in [1.54, 1.807) is 0 Å². The maximum atomic E-state index is 11.2. The Morgan fingerprint density at radius 2 is 1.86 bits per heavy atom. The molecule has 1 aliphatic rings. The number of esters is 1. The van der Waals surface area contributed by atoms with Gasteiger partial charge in [-0.15, -0.1) is 0 Å². The molecule has 1 rings (SSSR count). The summed E-state index contributed by atoms with van der Waals surface area (Å²) < 4.78 is 10.9. The zero-order chi connectivity index (χ0) is 15.3. The molecule has 21 heavy (non-hydrogen) atoms. The van der Waals surface area contributed by atoms with E-state index >= 15 is 0 Å². The van der Waals surface area contributed by atoms with Crippen LogP contribution in [0.2, 0.25) is 0 Å². The number of hydrogen-bond donors (Lipinski definition) is 1. The van der Waals surface area contributed by atoms with E-state index in [4.69, 9.17) is 9.47 Å². The van der Waals surface area contributed by atoms with Crippen molar-refractivity contribution in [2.75, 3.05) is 19.8 Å². The van der Waals surface area contributed by atoms with Gasteiger partial charge in [-0.2, -0.15) is 0 Å². The number of carbonyl (C=O) groups is 1. The first kappa shape index (κ1) is 18.4. The maximum Gasteiger partial charge on any atom is 0.305 e. The Labute approximate surface area is 130 Å². The van der Waals surface area contributed by atoms with Gasteiger partial charge in [0.1, 0.15) is 0 Å². The van der Waals surface area contributed by atoms with Crippen LogP contribution in [0.3, 0.4) is 0 Å². The Hall–Kier alpha value is -0.610. The summed E-state index contributed by atoms with van der Waals surface area (Å²) in [6.45, 7) is 6.51. The van der Waals surface area contributed by atoms with Gasteiger partial charge in [-0.05, 0) is 58.4 Å². The van der Waals surface area contributed by atoms with E-state index in [1.807, 2.05) is 6.92 Å². The van der Waals surface area contributed by atoms with E-state index in [1.165, 1.54) is 32.1 Å². The SMILES string of the molecule is CCCNC1CCC(OCCCCCC(=O)OCC)CC1. The minimum absolute atomic E-state index is 0.0729. The van der Waals surface area contributed by atoms with Gasteiger partial charge in [0.05, 0.1) is 12.7 Å². The average Bonchev–Trinajstić information content (AvgIpc) is 2.50. The van der Waals surface area contributed by atoms with Crippen LogP contribution in [0.4, 0.5) is 0 Å². The summed E-state index contributed by atoms with van der Waals surface area (Å²) in [5, 5.41) is 3.60. The number of rotatable bonds is 11. The molecule has 0 radical (unpaired) electrons. The first-order valence-corrected chi connectivity index (χ1v) is 8.76. The first-order chi connectivity index (χ1) is 10.3. The second-order valence-corrected chi connectivity index (χ2v) is 5.91. The largest absolute Gasteiger partial charge is 0.466 e. The second kappa shape index (κ2) is 12.0. The van der Waals surface area contributed by atoms with Crippen molar-refractivity contribution in [3.05, 3.63) is 0 Å². The summed E-state index contributed by atoms with van der Waals surface area (Å²) >= 11 is 0. The molecule has 0 saturated heterocycles. The van der Waals surface area contributed by atoms with Crippen LogP contribution in [-0.4, -0.2) is 37.9 Å². The highest BCUT2D eigenvalue weighted by molar-refractivity contribution is 5.69. The summed E-state index contributed by atoms with van der Waals surface area (Å²) in [5.74, 6) is -0.0729. The van der Waals surface area contributed by atoms with E-state index in [9.17, 15) is 4.79 Å². The molecular weight excluding hydrogens is 266 g/mol. The third-order valence-corrected chi connectivity index (χ3v) is 4.04. The van der Waals surface area contributed by atoms with Crippen molar-refractivity contribution in [1.29, 1.82) is 0 Å². The molecule has 1 fully saturated rings. The monoisotopic (exact) mass is 299 g/mol. The van der Waals surface area contributed by atoms with Crippen LogP contribution in [0.5, 0.6) is 0 Å². The molecule has 0 atom stereocenters. The van der Waals surface area contributed by atoms with Crippen molar-refractivity contribution in [3.63, 3.8) is 0 Å². The number of hydrogen-bond acceptors (Lipinski definition) is 4. The highest BCUT2D eigenvalue weighted by atomic mass is 16.5. The van der Waals surface area contributed by atoms with E-state index in [2.05, 4.69) is 12.2 Å². The summed E-state index contributed by atoms with van der Waals surface area (Å²) in [4.78, 5) is 11.2. The Balaban J connectivity index is 1.91. The summed E-state index contributed by atoms with van der Waals surface area (Å²) in [7, 11) is 0. The van der Waals surface area contributed by atoms with Gasteiger partial charge in [0.2, 0.25) is 0 Å². The van der Waals surface area contributed by atoms with Gasteiger partial charge in [0.25, 0.3) is 0 Å². The highest BCUT2D eigenvalue weighted by Gasteiger charge is 2.20. The fourth-order valence-electron chi connectivity index (χ4n) is 2.81. The van der Waals surface area contributed by atoms with Gasteiger partial charge in [0.15, 0.2) is 0 Å². The molecule has 4 heteroatoms. The lowest BCUT2D eigenvalue weighted by Gasteiger charge is -2.29. The third-order valence-electron chi connectivity index (χ3n) is 4.04. The molecule has 4 nitrogen and oxygen atoms in total. The molecule has 0 bridgehead atoms. The van der Waals surface area contributed by atoms with Crippen LogP contribution in [0.1, 0.15) is 71.6 Å². The minimum Gasteiger partial charge on any atom is -0.466 e. The van der Waals surface area contributed by atoms with Crippen LogP contribution in [0.15, 0.2) is 0 Å². The van der Waals surface area contributed by atoms with Crippen molar-refractivity contribution in [1.82, 2.24) is 5.32 Å². The average molecular weight is 299 g/mol. The van der Waals surface area contributed by atoms with E-state index in [0.717, 1.165) is 32.4 Å². The normalized spacial score (nSPS) is 22.2. The number of carbonyl (C=O) groups excluding carboxylic acids is 1. The smallest absolute Gasteiger partial charge is 0.305 e. The second-order valence-electron chi connectivity index (χ2n) is 5.91. The summed E-state index contributed by atoms with van der Waals surface area (Å²) in [6.07, 6.45) is 10.1. The Kier molecular flexibility index (Phi) is 10.5. The quantitative estimate of drug-likeness (QED) is 0.469. The molecule has 0 aromatic rings. The molecule has 0 unspecified atom stereocenters. The van der Waals surface area contributed by atoms with Crippen LogP contribution in [0, 0.1) is 0 Å². The van der Waals surface area contributed by atoms with Crippen molar-refractivity contribution in [2.45, 2.75) is 83.8 Å².